The third-order valence-electron chi connectivity index (χ3n) is 4.32. The Hall–Kier alpha value is -0.860. The van der Waals surface area contributed by atoms with Crippen molar-refractivity contribution in [3.8, 4) is 0 Å². The van der Waals surface area contributed by atoms with Gasteiger partial charge in [0.25, 0.3) is 0 Å². The van der Waals surface area contributed by atoms with Gasteiger partial charge in [-0.3, -0.25) is 4.90 Å². The van der Waals surface area contributed by atoms with Gasteiger partial charge in [0.2, 0.25) is 0 Å². The van der Waals surface area contributed by atoms with Gasteiger partial charge in [-0.15, -0.1) is 0 Å². The predicted octanol–water partition coefficient (Wildman–Crippen LogP) is 3.62. The smallest absolute Gasteiger partial charge is 0.0945 e. The van der Waals surface area contributed by atoms with E-state index in [2.05, 4.69) is 25.7 Å². The number of rotatable bonds is 4. The van der Waals surface area contributed by atoms with Gasteiger partial charge in [-0.25, -0.2) is 0 Å². The summed E-state index contributed by atoms with van der Waals surface area (Å²) in [5.41, 5.74) is 1.42. The van der Waals surface area contributed by atoms with E-state index < -0.39 is 0 Å². The molecule has 1 aliphatic rings. The van der Waals surface area contributed by atoms with Crippen LogP contribution in [0.1, 0.15) is 51.7 Å². The lowest BCUT2D eigenvalue weighted by atomic mass is 9.82. The molecular weight excluding hydrogens is 234 g/mol. The number of aliphatic hydroxyl groups excluding tert-OH is 1. The number of nitrogens with zero attached hydrogens (tertiary/aromatic N) is 1. The quantitative estimate of drug-likeness (QED) is 0.895. The molecule has 1 fully saturated rings. The first-order chi connectivity index (χ1) is 9.03. The Morgan fingerprint density at radius 1 is 1.26 bits per heavy atom. The van der Waals surface area contributed by atoms with Gasteiger partial charge in [-0.1, -0.05) is 51.1 Å². The third-order valence-corrected chi connectivity index (χ3v) is 4.32. The molecule has 1 aliphatic heterocycles. The number of hydrogen-bond donors (Lipinski definition) is 1. The van der Waals surface area contributed by atoms with Crippen molar-refractivity contribution in [2.24, 2.45) is 5.41 Å². The van der Waals surface area contributed by atoms with Gasteiger partial charge in [0.1, 0.15) is 0 Å². The van der Waals surface area contributed by atoms with Gasteiger partial charge >= 0.3 is 0 Å². The monoisotopic (exact) mass is 261 g/mol. The average Bonchev–Trinajstić information content (AvgIpc) is 2.39. The van der Waals surface area contributed by atoms with Crippen LogP contribution in [0, 0.1) is 5.41 Å². The SMILES string of the molecule is CCC(C(O)c1ccccc1)N1CCCC(C)(C)C1. The lowest BCUT2D eigenvalue weighted by Crippen LogP contribution is -2.48. The summed E-state index contributed by atoms with van der Waals surface area (Å²) in [4.78, 5) is 2.49. The summed E-state index contributed by atoms with van der Waals surface area (Å²) >= 11 is 0. The van der Waals surface area contributed by atoms with Crippen LogP contribution in [0.2, 0.25) is 0 Å². The summed E-state index contributed by atoms with van der Waals surface area (Å²) in [5, 5.41) is 10.7. The lowest BCUT2D eigenvalue weighted by molar-refractivity contribution is 0.00354. The highest BCUT2D eigenvalue weighted by atomic mass is 16.3. The molecule has 1 aromatic carbocycles. The topological polar surface area (TPSA) is 23.5 Å². The Bertz CT molecular complexity index is 388. The van der Waals surface area contributed by atoms with Crippen molar-refractivity contribution in [2.45, 2.75) is 52.2 Å². The molecule has 0 bridgehead atoms. The Labute approximate surface area is 117 Å². The van der Waals surface area contributed by atoms with E-state index in [1.54, 1.807) is 0 Å². The maximum atomic E-state index is 10.7. The van der Waals surface area contributed by atoms with Crippen LogP contribution in [0.5, 0.6) is 0 Å². The van der Waals surface area contributed by atoms with E-state index in [9.17, 15) is 5.11 Å². The minimum Gasteiger partial charge on any atom is -0.387 e. The molecule has 2 rings (SSSR count). The molecule has 1 aromatic rings. The Balaban J connectivity index is 2.11. The molecule has 0 spiro atoms. The summed E-state index contributed by atoms with van der Waals surface area (Å²) in [5.74, 6) is 0. The minimum atomic E-state index is -0.375. The fourth-order valence-electron chi connectivity index (χ4n) is 3.31. The number of aliphatic hydroxyl groups is 1. The van der Waals surface area contributed by atoms with Crippen LogP contribution in [0.3, 0.4) is 0 Å². The summed E-state index contributed by atoms with van der Waals surface area (Å²) in [6, 6.07) is 10.3. The van der Waals surface area contributed by atoms with E-state index in [0.29, 0.717) is 5.41 Å². The zero-order chi connectivity index (χ0) is 13.9. The highest BCUT2D eigenvalue weighted by Crippen LogP contribution is 2.33. The van der Waals surface area contributed by atoms with Gasteiger partial charge in [-0.05, 0) is 36.8 Å². The molecule has 2 nitrogen and oxygen atoms in total. The molecule has 2 atom stereocenters. The Morgan fingerprint density at radius 2 is 1.95 bits per heavy atom. The molecule has 1 N–H and O–H groups in total. The van der Waals surface area contributed by atoms with Crippen LogP contribution >= 0.6 is 0 Å². The van der Waals surface area contributed by atoms with Crippen molar-refractivity contribution < 1.29 is 5.11 Å². The average molecular weight is 261 g/mol. The molecule has 0 aliphatic carbocycles. The molecule has 1 saturated heterocycles. The van der Waals surface area contributed by atoms with E-state index in [0.717, 1.165) is 25.1 Å². The lowest BCUT2D eigenvalue weighted by Gasteiger charge is -2.43. The van der Waals surface area contributed by atoms with E-state index in [1.165, 1.54) is 12.8 Å². The van der Waals surface area contributed by atoms with Crippen molar-refractivity contribution in [1.82, 2.24) is 4.90 Å². The summed E-state index contributed by atoms with van der Waals surface area (Å²) in [7, 11) is 0. The van der Waals surface area contributed by atoms with Gasteiger partial charge in [0.15, 0.2) is 0 Å². The number of piperidine rings is 1. The minimum absolute atomic E-state index is 0.238. The molecule has 0 radical (unpaired) electrons. The molecule has 106 valence electrons. The van der Waals surface area contributed by atoms with E-state index >= 15 is 0 Å². The summed E-state index contributed by atoms with van der Waals surface area (Å²) < 4.78 is 0. The standard InChI is InChI=1S/C17H27NO/c1-4-15(16(19)14-9-6-5-7-10-14)18-12-8-11-17(2,3)13-18/h5-7,9-10,15-16,19H,4,8,11-13H2,1-3H3. The molecular formula is C17H27NO. The van der Waals surface area contributed by atoms with Crippen LogP contribution in [0.4, 0.5) is 0 Å². The number of benzene rings is 1. The normalized spacial score (nSPS) is 22.9. The zero-order valence-corrected chi connectivity index (χ0v) is 12.5. The van der Waals surface area contributed by atoms with Crippen LogP contribution in [0.25, 0.3) is 0 Å². The van der Waals surface area contributed by atoms with E-state index in [-0.39, 0.29) is 12.1 Å². The van der Waals surface area contributed by atoms with Gasteiger partial charge < -0.3 is 5.11 Å². The fourth-order valence-corrected chi connectivity index (χ4v) is 3.31. The molecule has 2 heteroatoms. The van der Waals surface area contributed by atoms with Crippen molar-refractivity contribution in [3.05, 3.63) is 35.9 Å². The molecule has 0 saturated carbocycles. The Morgan fingerprint density at radius 3 is 2.53 bits per heavy atom. The second-order valence-electron chi connectivity index (χ2n) is 6.57. The second-order valence-corrected chi connectivity index (χ2v) is 6.57. The summed E-state index contributed by atoms with van der Waals surface area (Å²) in [6.45, 7) is 9.06. The highest BCUT2D eigenvalue weighted by molar-refractivity contribution is 5.19. The molecule has 0 aromatic heterocycles. The summed E-state index contributed by atoms with van der Waals surface area (Å²) in [6.07, 6.45) is 3.15. The predicted molar refractivity (Wildman–Crippen MR) is 80.1 cm³/mol. The van der Waals surface area contributed by atoms with Crippen molar-refractivity contribution in [3.63, 3.8) is 0 Å². The Kier molecular flexibility index (Phi) is 4.64. The van der Waals surface area contributed by atoms with Crippen LogP contribution in [-0.2, 0) is 0 Å². The molecule has 19 heavy (non-hydrogen) atoms. The molecule has 0 amide bonds. The largest absolute Gasteiger partial charge is 0.387 e. The van der Waals surface area contributed by atoms with E-state index in [1.807, 2.05) is 30.3 Å². The van der Waals surface area contributed by atoms with Gasteiger partial charge in [0, 0.05) is 12.6 Å². The van der Waals surface area contributed by atoms with Crippen LogP contribution < -0.4 is 0 Å². The first kappa shape index (κ1) is 14.5. The molecule has 2 unspecified atom stereocenters. The zero-order valence-electron chi connectivity index (χ0n) is 12.5. The third kappa shape index (κ3) is 3.58. The number of hydrogen-bond acceptors (Lipinski definition) is 2. The maximum Gasteiger partial charge on any atom is 0.0945 e. The highest BCUT2D eigenvalue weighted by Gasteiger charge is 2.33. The van der Waals surface area contributed by atoms with Gasteiger partial charge in [-0.2, -0.15) is 0 Å². The first-order valence-electron chi connectivity index (χ1n) is 7.50. The van der Waals surface area contributed by atoms with Crippen molar-refractivity contribution >= 4 is 0 Å². The van der Waals surface area contributed by atoms with Crippen molar-refractivity contribution in [1.29, 1.82) is 0 Å². The fraction of sp³-hybridized carbons (Fsp3) is 0.647. The maximum absolute atomic E-state index is 10.7. The van der Waals surface area contributed by atoms with Crippen molar-refractivity contribution in [2.75, 3.05) is 13.1 Å². The second kappa shape index (κ2) is 6.06. The van der Waals surface area contributed by atoms with Crippen LogP contribution in [0.15, 0.2) is 30.3 Å². The number of likely N-dealkylation sites (tertiary alicyclic amines) is 1. The first-order valence-corrected chi connectivity index (χ1v) is 7.50. The van der Waals surface area contributed by atoms with Gasteiger partial charge in [0.05, 0.1) is 6.10 Å². The molecule has 1 heterocycles. The van der Waals surface area contributed by atoms with Crippen LogP contribution in [-0.4, -0.2) is 29.1 Å². The van der Waals surface area contributed by atoms with E-state index in [4.69, 9.17) is 0 Å².